The molecule has 1 aromatic carbocycles. The van der Waals surface area contributed by atoms with Gasteiger partial charge in [-0.2, -0.15) is 13.2 Å². The second-order valence-electron chi connectivity index (χ2n) is 9.09. The van der Waals surface area contributed by atoms with Gasteiger partial charge < -0.3 is 14.8 Å². The van der Waals surface area contributed by atoms with Crippen LogP contribution < -0.4 is 5.56 Å². The fraction of sp³-hybridized carbons (Fsp3) is 0.407. The molecule has 0 spiro atoms. The highest BCUT2D eigenvalue weighted by molar-refractivity contribution is 5.73. The van der Waals surface area contributed by atoms with Gasteiger partial charge in [-0.15, -0.1) is 0 Å². The molecule has 1 aliphatic carbocycles. The number of allylic oxidation sites excluding steroid dienone is 4. The minimum Gasteiger partial charge on any atom is -0.503 e. The highest BCUT2D eigenvalue weighted by Crippen LogP contribution is 2.24. The summed E-state index contributed by atoms with van der Waals surface area (Å²) < 4.78 is 33.3. The predicted molar refractivity (Wildman–Crippen MR) is 131 cm³/mol. The molecular formula is C27H31F3N2O4. The van der Waals surface area contributed by atoms with Crippen molar-refractivity contribution in [2.75, 3.05) is 13.1 Å². The minimum atomic E-state index is -5.08. The van der Waals surface area contributed by atoms with E-state index in [1.807, 2.05) is 12.3 Å². The predicted octanol–water partition coefficient (Wildman–Crippen LogP) is 4.92. The van der Waals surface area contributed by atoms with Gasteiger partial charge in [-0.05, 0) is 68.3 Å². The quantitative estimate of drug-likeness (QED) is 0.584. The molecule has 2 N–H and O–H groups in total. The Morgan fingerprint density at radius 1 is 1.03 bits per heavy atom. The van der Waals surface area contributed by atoms with Crippen LogP contribution in [0.15, 0.2) is 71.2 Å². The average molecular weight is 505 g/mol. The van der Waals surface area contributed by atoms with E-state index in [2.05, 4.69) is 53.5 Å². The third kappa shape index (κ3) is 8.12. The largest absolute Gasteiger partial charge is 0.503 e. The number of likely N-dealkylation sites (tertiary alicyclic amines) is 1. The summed E-state index contributed by atoms with van der Waals surface area (Å²) in [6.07, 6.45) is 8.65. The molecule has 0 radical (unpaired) electrons. The zero-order chi connectivity index (χ0) is 26.1. The number of aromatic hydroxyl groups is 1. The summed E-state index contributed by atoms with van der Waals surface area (Å²) in [5.41, 5.74) is 2.99. The molecule has 0 bridgehead atoms. The number of aliphatic carboxylic acids is 1. The monoisotopic (exact) mass is 504 g/mol. The Balaban J connectivity index is 0.000000454. The van der Waals surface area contributed by atoms with Crippen molar-refractivity contribution in [1.29, 1.82) is 0 Å². The lowest BCUT2D eigenvalue weighted by atomic mass is 9.90. The number of pyridine rings is 1. The van der Waals surface area contributed by atoms with Crippen LogP contribution in [0.25, 0.3) is 0 Å². The van der Waals surface area contributed by atoms with Crippen LogP contribution in [-0.2, 0) is 24.3 Å². The number of carbonyl (C=O) groups is 1. The van der Waals surface area contributed by atoms with Crippen molar-refractivity contribution in [1.82, 2.24) is 9.47 Å². The maximum Gasteiger partial charge on any atom is 0.490 e. The van der Waals surface area contributed by atoms with Gasteiger partial charge in [0.05, 0.1) is 6.54 Å². The zero-order valence-electron chi connectivity index (χ0n) is 20.0. The highest BCUT2D eigenvalue weighted by Gasteiger charge is 2.38. The number of benzene rings is 1. The number of piperidine rings is 1. The number of rotatable bonds is 6. The maximum absolute atomic E-state index is 12.6. The first kappa shape index (κ1) is 27.3. The molecule has 36 heavy (non-hydrogen) atoms. The summed E-state index contributed by atoms with van der Waals surface area (Å²) in [6, 6.07) is 12.6. The minimum absolute atomic E-state index is 0.0979. The van der Waals surface area contributed by atoms with Crippen molar-refractivity contribution in [3.8, 4) is 5.75 Å². The molecule has 2 heterocycles. The van der Waals surface area contributed by atoms with Gasteiger partial charge in [0.1, 0.15) is 0 Å². The number of nitrogens with zero attached hydrogens (tertiary/aromatic N) is 2. The number of hydrogen-bond donors (Lipinski definition) is 2. The van der Waals surface area contributed by atoms with Crippen LogP contribution in [0, 0.1) is 5.92 Å². The summed E-state index contributed by atoms with van der Waals surface area (Å²) in [6.45, 7) is 3.19. The smallest absolute Gasteiger partial charge is 0.490 e. The van der Waals surface area contributed by atoms with Crippen molar-refractivity contribution in [3.05, 3.63) is 87.9 Å². The van der Waals surface area contributed by atoms with Crippen molar-refractivity contribution in [3.63, 3.8) is 0 Å². The highest BCUT2D eigenvalue weighted by atomic mass is 19.4. The molecule has 0 amide bonds. The van der Waals surface area contributed by atoms with Gasteiger partial charge in [0.25, 0.3) is 5.56 Å². The molecule has 1 fully saturated rings. The number of carboxylic acids is 1. The topological polar surface area (TPSA) is 82.8 Å². The molecule has 0 unspecified atom stereocenters. The molecule has 2 aromatic rings. The average Bonchev–Trinajstić information content (AvgIpc) is 2.86. The van der Waals surface area contributed by atoms with E-state index in [0.29, 0.717) is 19.0 Å². The summed E-state index contributed by atoms with van der Waals surface area (Å²) in [7, 11) is 0. The number of halogens is 3. The lowest BCUT2D eigenvalue weighted by molar-refractivity contribution is -0.192. The van der Waals surface area contributed by atoms with E-state index in [0.717, 1.165) is 56.3 Å². The van der Waals surface area contributed by atoms with Gasteiger partial charge in [0.2, 0.25) is 0 Å². The number of hydrogen-bond acceptors (Lipinski definition) is 4. The number of alkyl halides is 3. The van der Waals surface area contributed by atoms with Crippen molar-refractivity contribution in [2.24, 2.45) is 5.92 Å². The van der Waals surface area contributed by atoms with E-state index < -0.39 is 12.1 Å². The maximum atomic E-state index is 12.6. The van der Waals surface area contributed by atoms with Gasteiger partial charge >= 0.3 is 12.1 Å². The number of aromatic nitrogens is 1. The first-order chi connectivity index (χ1) is 17.1. The van der Waals surface area contributed by atoms with E-state index in [1.165, 1.54) is 5.56 Å². The van der Waals surface area contributed by atoms with E-state index in [-0.39, 0.29) is 11.3 Å². The molecule has 1 saturated heterocycles. The Labute approximate surface area is 208 Å². The Kier molecular flexibility index (Phi) is 9.52. The summed E-state index contributed by atoms with van der Waals surface area (Å²) in [5, 5.41) is 17.6. The molecule has 6 nitrogen and oxygen atoms in total. The Hall–Kier alpha value is -3.33. The SMILES string of the molecule is O=C(O)C(F)(F)F.O=c1c(O)c(CN2CCC(Cc3ccccc3)CC2)ccn1CC1=CCCC=C1. The summed E-state index contributed by atoms with van der Waals surface area (Å²) in [5.74, 6) is -2.14. The van der Waals surface area contributed by atoms with Crippen LogP contribution in [-0.4, -0.2) is 44.9 Å². The van der Waals surface area contributed by atoms with Crippen molar-refractivity contribution >= 4 is 5.97 Å². The molecule has 0 saturated carbocycles. The zero-order valence-corrected chi connectivity index (χ0v) is 20.0. The molecular weight excluding hydrogens is 473 g/mol. The van der Waals surface area contributed by atoms with Gasteiger partial charge in [0, 0.05) is 18.3 Å². The van der Waals surface area contributed by atoms with Crippen LogP contribution in [0.2, 0.25) is 0 Å². The van der Waals surface area contributed by atoms with Crippen LogP contribution >= 0.6 is 0 Å². The molecule has 1 aliphatic heterocycles. The normalized spacial score (nSPS) is 16.7. The van der Waals surface area contributed by atoms with Gasteiger partial charge in [-0.25, -0.2) is 4.79 Å². The van der Waals surface area contributed by atoms with E-state index in [9.17, 15) is 23.1 Å². The van der Waals surface area contributed by atoms with Crippen LogP contribution in [0.3, 0.4) is 0 Å². The molecule has 9 heteroatoms. The van der Waals surface area contributed by atoms with E-state index in [4.69, 9.17) is 9.90 Å². The number of carboxylic acid groups (broad SMARTS) is 1. The second kappa shape index (κ2) is 12.6. The third-order valence-corrected chi connectivity index (χ3v) is 6.36. The summed E-state index contributed by atoms with van der Waals surface area (Å²) in [4.78, 5) is 23.9. The molecule has 0 atom stereocenters. The van der Waals surface area contributed by atoms with Gasteiger partial charge in [0.15, 0.2) is 5.75 Å². The second-order valence-corrected chi connectivity index (χ2v) is 9.09. The molecule has 1 aromatic heterocycles. The van der Waals surface area contributed by atoms with Crippen molar-refractivity contribution in [2.45, 2.75) is 51.4 Å². The first-order valence-corrected chi connectivity index (χ1v) is 12.0. The lowest BCUT2D eigenvalue weighted by Gasteiger charge is -2.32. The fourth-order valence-electron chi connectivity index (χ4n) is 4.37. The first-order valence-electron chi connectivity index (χ1n) is 12.0. The van der Waals surface area contributed by atoms with Crippen LogP contribution in [0.4, 0.5) is 13.2 Å². The van der Waals surface area contributed by atoms with E-state index >= 15 is 0 Å². The molecule has 4 rings (SSSR count). The van der Waals surface area contributed by atoms with Gasteiger partial charge in [-0.1, -0.05) is 48.6 Å². The Bertz CT molecular complexity index is 1130. The summed E-state index contributed by atoms with van der Waals surface area (Å²) >= 11 is 0. The lowest BCUT2D eigenvalue weighted by Crippen LogP contribution is -2.34. The van der Waals surface area contributed by atoms with Crippen molar-refractivity contribution < 1.29 is 28.2 Å². The molecule has 2 aliphatic rings. The Morgan fingerprint density at radius 3 is 2.28 bits per heavy atom. The van der Waals surface area contributed by atoms with Crippen LogP contribution in [0.5, 0.6) is 5.75 Å². The van der Waals surface area contributed by atoms with Gasteiger partial charge in [-0.3, -0.25) is 9.69 Å². The van der Waals surface area contributed by atoms with E-state index in [1.54, 1.807) is 4.57 Å². The third-order valence-electron chi connectivity index (χ3n) is 6.36. The Morgan fingerprint density at radius 2 is 1.69 bits per heavy atom. The fourth-order valence-corrected chi connectivity index (χ4v) is 4.37. The standard InChI is InChI=1S/C25H30N2O2.C2HF3O2/c28-24-23(13-16-27(25(24)29)18-22-9-5-2-6-10-22)19-26-14-11-21(12-15-26)17-20-7-3-1-4-8-20;3-2(4,5)1(6)7/h1,3-5,7-10,13,16,21,28H,2,6,11-12,14-15,17-19H2;(H,6,7). The molecule has 194 valence electrons. The van der Waals surface area contributed by atoms with Crippen LogP contribution in [0.1, 0.15) is 36.8 Å².